The molecule has 2 aromatic rings. The van der Waals surface area contributed by atoms with Crippen LogP contribution in [0.4, 0.5) is 0 Å². The molecule has 2 aromatic heterocycles. The molecule has 0 bridgehead atoms. The molecule has 2 heterocycles. The van der Waals surface area contributed by atoms with Crippen molar-refractivity contribution in [2.75, 3.05) is 0 Å². The minimum absolute atomic E-state index is 0.494. The van der Waals surface area contributed by atoms with Gasteiger partial charge in [0.1, 0.15) is 0 Å². The van der Waals surface area contributed by atoms with Crippen LogP contribution in [0.3, 0.4) is 0 Å². The summed E-state index contributed by atoms with van der Waals surface area (Å²) in [5.74, 6) is 0. The van der Waals surface area contributed by atoms with Crippen LogP contribution in [0.15, 0.2) is 36.7 Å². The Morgan fingerprint density at radius 3 is 2.88 bits per heavy atom. The summed E-state index contributed by atoms with van der Waals surface area (Å²) in [6.45, 7) is 5.27. The SMILES string of the molecule is Cc1ccc(CC(C)NCc2cccnc2)s1. The van der Waals surface area contributed by atoms with E-state index in [-0.39, 0.29) is 0 Å². The summed E-state index contributed by atoms with van der Waals surface area (Å²) in [7, 11) is 0. The average molecular weight is 246 g/mol. The molecule has 0 saturated heterocycles. The van der Waals surface area contributed by atoms with Gasteiger partial charge in [0, 0.05) is 34.7 Å². The van der Waals surface area contributed by atoms with Crippen molar-refractivity contribution < 1.29 is 0 Å². The van der Waals surface area contributed by atoms with Crippen LogP contribution in [0.25, 0.3) is 0 Å². The molecule has 0 fully saturated rings. The third kappa shape index (κ3) is 3.95. The molecule has 2 rings (SSSR count). The second kappa shape index (κ2) is 5.94. The summed E-state index contributed by atoms with van der Waals surface area (Å²) in [6, 6.07) is 8.98. The molecule has 1 unspecified atom stereocenters. The summed E-state index contributed by atoms with van der Waals surface area (Å²) in [5, 5.41) is 3.52. The number of nitrogens with one attached hydrogen (secondary N) is 1. The number of hydrogen-bond donors (Lipinski definition) is 1. The fraction of sp³-hybridized carbons (Fsp3) is 0.357. The summed E-state index contributed by atoms with van der Waals surface area (Å²) < 4.78 is 0. The highest BCUT2D eigenvalue weighted by molar-refractivity contribution is 7.11. The second-order valence-electron chi connectivity index (χ2n) is 4.36. The van der Waals surface area contributed by atoms with E-state index in [0.29, 0.717) is 6.04 Å². The highest BCUT2D eigenvalue weighted by atomic mass is 32.1. The fourth-order valence-corrected chi connectivity index (χ4v) is 2.78. The van der Waals surface area contributed by atoms with E-state index in [9.17, 15) is 0 Å². The van der Waals surface area contributed by atoms with Crippen molar-refractivity contribution in [3.8, 4) is 0 Å². The van der Waals surface area contributed by atoms with E-state index in [1.807, 2.05) is 23.6 Å². The Balaban J connectivity index is 1.80. The third-order valence-corrected chi connectivity index (χ3v) is 3.70. The highest BCUT2D eigenvalue weighted by Gasteiger charge is 2.04. The van der Waals surface area contributed by atoms with Crippen LogP contribution >= 0.6 is 11.3 Å². The molecular formula is C14H18N2S. The predicted molar refractivity (Wildman–Crippen MR) is 73.3 cm³/mol. The maximum Gasteiger partial charge on any atom is 0.0312 e. The molecule has 1 atom stereocenters. The smallest absolute Gasteiger partial charge is 0.0312 e. The third-order valence-electron chi connectivity index (χ3n) is 2.68. The molecule has 0 saturated carbocycles. The summed E-state index contributed by atoms with van der Waals surface area (Å²) in [4.78, 5) is 6.95. The first-order valence-electron chi connectivity index (χ1n) is 5.91. The lowest BCUT2D eigenvalue weighted by molar-refractivity contribution is 0.548. The maximum absolute atomic E-state index is 4.11. The van der Waals surface area contributed by atoms with Crippen LogP contribution in [-0.2, 0) is 13.0 Å². The number of hydrogen-bond acceptors (Lipinski definition) is 3. The molecule has 0 amide bonds. The Bertz CT molecular complexity index is 450. The van der Waals surface area contributed by atoms with Crippen molar-refractivity contribution in [3.63, 3.8) is 0 Å². The first-order chi connectivity index (χ1) is 8.24. The number of thiophene rings is 1. The Morgan fingerprint density at radius 2 is 2.24 bits per heavy atom. The molecule has 0 aliphatic rings. The zero-order chi connectivity index (χ0) is 12.1. The molecule has 0 aromatic carbocycles. The number of aromatic nitrogens is 1. The maximum atomic E-state index is 4.11. The Hall–Kier alpha value is -1.19. The predicted octanol–water partition coefficient (Wildman–Crippen LogP) is 3.17. The van der Waals surface area contributed by atoms with Crippen molar-refractivity contribution in [1.82, 2.24) is 10.3 Å². The number of nitrogens with zero attached hydrogens (tertiary/aromatic N) is 1. The lowest BCUT2D eigenvalue weighted by Gasteiger charge is -2.12. The summed E-state index contributed by atoms with van der Waals surface area (Å²) >= 11 is 1.89. The standard InChI is InChI=1S/C14H18N2S/c1-11(8-14-6-5-12(2)17-14)16-10-13-4-3-7-15-9-13/h3-7,9,11,16H,8,10H2,1-2H3. The zero-order valence-corrected chi connectivity index (χ0v) is 11.1. The van der Waals surface area contributed by atoms with Crippen molar-refractivity contribution in [2.24, 2.45) is 0 Å². The van der Waals surface area contributed by atoms with Gasteiger partial charge in [-0.2, -0.15) is 0 Å². The molecule has 0 aliphatic heterocycles. The summed E-state index contributed by atoms with van der Waals surface area (Å²) in [5.41, 5.74) is 1.24. The van der Waals surface area contributed by atoms with E-state index in [1.165, 1.54) is 15.3 Å². The Morgan fingerprint density at radius 1 is 1.35 bits per heavy atom. The summed E-state index contributed by atoms with van der Waals surface area (Å²) in [6.07, 6.45) is 4.81. The highest BCUT2D eigenvalue weighted by Crippen LogP contribution is 2.16. The molecular weight excluding hydrogens is 228 g/mol. The molecule has 1 N–H and O–H groups in total. The minimum atomic E-state index is 0.494. The fourth-order valence-electron chi connectivity index (χ4n) is 1.76. The van der Waals surface area contributed by atoms with Gasteiger partial charge in [0.05, 0.1) is 0 Å². The van der Waals surface area contributed by atoms with Crippen LogP contribution in [0.1, 0.15) is 22.2 Å². The van der Waals surface area contributed by atoms with E-state index >= 15 is 0 Å². The zero-order valence-electron chi connectivity index (χ0n) is 10.3. The molecule has 0 aliphatic carbocycles. The van der Waals surface area contributed by atoms with Crippen LogP contribution < -0.4 is 5.32 Å². The lowest BCUT2D eigenvalue weighted by Crippen LogP contribution is -2.27. The molecule has 2 nitrogen and oxygen atoms in total. The van der Waals surface area contributed by atoms with Gasteiger partial charge in [-0.3, -0.25) is 4.98 Å². The van der Waals surface area contributed by atoms with Crippen molar-refractivity contribution >= 4 is 11.3 Å². The van der Waals surface area contributed by atoms with Gasteiger partial charge in [-0.15, -0.1) is 11.3 Å². The first kappa shape index (κ1) is 12.3. The van der Waals surface area contributed by atoms with Gasteiger partial charge in [0.15, 0.2) is 0 Å². The van der Waals surface area contributed by atoms with Gasteiger partial charge in [-0.1, -0.05) is 6.07 Å². The average Bonchev–Trinajstić information content (AvgIpc) is 2.73. The van der Waals surface area contributed by atoms with Gasteiger partial charge >= 0.3 is 0 Å². The molecule has 0 radical (unpaired) electrons. The Labute approximate surface area is 107 Å². The number of rotatable bonds is 5. The second-order valence-corrected chi connectivity index (χ2v) is 5.73. The monoisotopic (exact) mass is 246 g/mol. The Kier molecular flexibility index (Phi) is 4.29. The van der Waals surface area contributed by atoms with E-state index in [0.717, 1.165) is 13.0 Å². The topological polar surface area (TPSA) is 24.9 Å². The number of aryl methyl sites for hydroxylation is 1. The van der Waals surface area contributed by atoms with E-state index in [4.69, 9.17) is 0 Å². The van der Waals surface area contributed by atoms with E-state index in [1.54, 1.807) is 6.20 Å². The van der Waals surface area contributed by atoms with Crippen molar-refractivity contribution in [3.05, 3.63) is 52.0 Å². The lowest BCUT2D eigenvalue weighted by atomic mass is 10.2. The molecule has 0 spiro atoms. The van der Waals surface area contributed by atoms with Crippen molar-refractivity contribution in [1.29, 1.82) is 0 Å². The van der Waals surface area contributed by atoms with E-state index < -0.39 is 0 Å². The normalized spacial score (nSPS) is 12.6. The van der Waals surface area contributed by atoms with Gasteiger partial charge in [0.2, 0.25) is 0 Å². The van der Waals surface area contributed by atoms with Crippen LogP contribution in [0, 0.1) is 6.92 Å². The van der Waals surface area contributed by atoms with Gasteiger partial charge < -0.3 is 5.32 Å². The van der Waals surface area contributed by atoms with E-state index in [2.05, 4.69) is 42.3 Å². The van der Waals surface area contributed by atoms with Gasteiger partial charge in [-0.25, -0.2) is 0 Å². The minimum Gasteiger partial charge on any atom is -0.310 e. The molecule has 17 heavy (non-hydrogen) atoms. The van der Waals surface area contributed by atoms with Crippen LogP contribution in [0.2, 0.25) is 0 Å². The molecule has 3 heteroatoms. The van der Waals surface area contributed by atoms with Crippen LogP contribution in [0.5, 0.6) is 0 Å². The van der Waals surface area contributed by atoms with Gasteiger partial charge in [-0.05, 0) is 44.0 Å². The first-order valence-corrected chi connectivity index (χ1v) is 6.73. The van der Waals surface area contributed by atoms with Gasteiger partial charge in [0.25, 0.3) is 0 Å². The quantitative estimate of drug-likeness (QED) is 0.876. The molecule has 90 valence electrons. The van der Waals surface area contributed by atoms with Crippen molar-refractivity contribution in [2.45, 2.75) is 32.9 Å². The number of pyridine rings is 1. The van der Waals surface area contributed by atoms with Crippen LogP contribution in [-0.4, -0.2) is 11.0 Å². The largest absolute Gasteiger partial charge is 0.310 e.